The number of ether oxygens (including phenoxy) is 1. The topological polar surface area (TPSA) is 48.2 Å². The molecule has 0 saturated heterocycles. The molecule has 14 heavy (non-hydrogen) atoms. The Morgan fingerprint density at radius 2 is 2.00 bits per heavy atom. The lowest BCUT2D eigenvalue weighted by Crippen LogP contribution is -1.92. The van der Waals surface area contributed by atoms with Crippen molar-refractivity contribution in [3.63, 3.8) is 0 Å². The zero-order chi connectivity index (χ0) is 9.80. The molecule has 0 aliphatic heterocycles. The second kappa shape index (κ2) is 3.91. The highest BCUT2D eigenvalue weighted by Gasteiger charge is 2.09. The average Bonchev–Trinajstić information content (AvgIpc) is 2.67. The third-order valence-corrected chi connectivity index (χ3v) is 1.93. The highest BCUT2D eigenvalue weighted by atomic mass is 16.6. The minimum atomic E-state index is 0.453. The van der Waals surface area contributed by atoms with Crippen LogP contribution in [0.2, 0.25) is 0 Å². The molecule has 0 saturated carbocycles. The van der Waals surface area contributed by atoms with E-state index < -0.39 is 0 Å². The molecule has 0 aliphatic carbocycles. The van der Waals surface area contributed by atoms with Gasteiger partial charge in [0.2, 0.25) is 0 Å². The first kappa shape index (κ1) is 8.74. The van der Waals surface area contributed by atoms with E-state index in [1.54, 1.807) is 7.11 Å². The predicted octanol–water partition coefficient (Wildman–Crippen LogP) is 1.67. The molecule has 0 spiro atoms. The Morgan fingerprint density at radius 1 is 1.21 bits per heavy atom. The summed E-state index contributed by atoms with van der Waals surface area (Å²) in [4.78, 5) is 0. The second-order valence-corrected chi connectivity index (χ2v) is 2.88. The van der Waals surface area contributed by atoms with Crippen molar-refractivity contribution in [2.24, 2.45) is 0 Å². The van der Waals surface area contributed by atoms with Crippen molar-refractivity contribution in [1.82, 2.24) is 10.3 Å². The van der Waals surface area contributed by atoms with Crippen LogP contribution in [0.25, 0.3) is 0 Å². The van der Waals surface area contributed by atoms with E-state index >= 15 is 0 Å². The number of benzene rings is 1. The molecule has 4 nitrogen and oxygen atoms in total. The Kier molecular flexibility index (Phi) is 2.44. The monoisotopic (exact) mass is 190 g/mol. The van der Waals surface area contributed by atoms with Crippen LogP contribution in [-0.4, -0.2) is 17.4 Å². The molecule has 2 rings (SSSR count). The number of aromatic nitrogens is 2. The number of methoxy groups -OCH3 is 1. The van der Waals surface area contributed by atoms with E-state index in [2.05, 4.69) is 14.9 Å². The van der Waals surface area contributed by atoms with Crippen LogP contribution in [0.1, 0.15) is 11.3 Å². The summed E-state index contributed by atoms with van der Waals surface area (Å²) >= 11 is 0. The molecule has 2 aromatic rings. The summed E-state index contributed by atoms with van der Waals surface area (Å²) in [5.74, 6) is 0.453. The van der Waals surface area contributed by atoms with E-state index in [9.17, 15) is 0 Å². The van der Waals surface area contributed by atoms with Gasteiger partial charge in [0.05, 0.1) is 7.11 Å². The van der Waals surface area contributed by atoms with Crippen molar-refractivity contribution >= 4 is 0 Å². The minimum absolute atomic E-state index is 0.453. The van der Waals surface area contributed by atoms with Gasteiger partial charge in [-0.3, -0.25) is 0 Å². The maximum absolute atomic E-state index is 4.99. The SMILES string of the molecule is COc1nonc1Cc1ccccc1. The fourth-order valence-electron chi connectivity index (χ4n) is 1.25. The van der Waals surface area contributed by atoms with Crippen molar-refractivity contribution in [1.29, 1.82) is 0 Å². The Hall–Kier alpha value is -1.84. The molecule has 0 unspecified atom stereocenters. The average molecular weight is 190 g/mol. The molecule has 0 radical (unpaired) electrons. The van der Waals surface area contributed by atoms with Gasteiger partial charge in [-0.05, 0) is 10.7 Å². The third-order valence-electron chi connectivity index (χ3n) is 1.93. The van der Waals surface area contributed by atoms with Gasteiger partial charge in [0.15, 0.2) is 5.69 Å². The number of nitrogens with zero attached hydrogens (tertiary/aromatic N) is 2. The van der Waals surface area contributed by atoms with Gasteiger partial charge in [-0.15, -0.1) is 0 Å². The van der Waals surface area contributed by atoms with Gasteiger partial charge in [-0.2, -0.15) is 0 Å². The molecule has 1 aromatic heterocycles. The molecule has 0 atom stereocenters. The van der Waals surface area contributed by atoms with Crippen molar-refractivity contribution in [2.45, 2.75) is 6.42 Å². The Balaban J connectivity index is 2.19. The van der Waals surface area contributed by atoms with E-state index in [4.69, 9.17) is 4.74 Å². The van der Waals surface area contributed by atoms with Gasteiger partial charge in [0, 0.05) is 6.42 Å². The molecule has 72 valence electrons. The molecular weight excluding hydrogens is 180 g/mol. The summed E-state index contributed by atoms with van der Waals surface area (Å²) in [5.41, 5.74) is 1.88. The van der Waals surface area contributed by atoms with Gasteiger partial charge < -0.3 is 4.74 Å². The zero-order valence-electron chi connectivity index (χ0n) is 7.80. The number of rotatable bonds is 3. The van der Waals surface area contributed by atoms with Gasteiger partial charge in [0.1, 0.15) is 0 Å². The fraction of sp³-hybridized carbons (Fsp3) is 0.200. The van der Waals surface area contributed by atoms with Crippen molar-refractivity contribution in [3.8, 4) is 5.88 Å². The molecule has 0 aliphatic rings. The first-order chi connectivity index (χ1) is 6.90. The highest BCUT2D eigenvalue weighted by molar-refractivity contribution is 5.25. The largest absolute Gasteiger partial charge is 0.477 e. The first-order valence-corrected chi connectivity index (χ1v) is 4.29. The van der Waals surface area contributed by atoms with Gasteiger partial charge in [-0.1, -0.05) is 35.5 Å². The van der Waals surface area contributed by atoms with Crippen LogP contribution in [0.3, 0.4) is 0 Å². The molecule has 4 heteroatoms. The van der Waals surface area contributed by atoms with Crippen LogP contribution < -0.4 is 4.74 Å². The molecule has 0 bridgehead atoms. The van der Waals surface area contributed by atoms with Crippen LogP contribution >= 0.6 is 0 Å². The Bertz CT molecular complexity index is 398. The van der Waals surface area contributed by atoms with Gasteiger partial charge in [-0.25, -0.2) is 4.63 Å². The summed E-state index contributed by atoms with van der Waals surface area (Å²) in [6, 6.07) is 9.98. The number of hydrogen-bond acceptors (Lipinski definition) is 4. The van der Waals surface area contributed by atoms with E-state index in [0.717, 1.165) is 11.3 Å². The summed E-state index contributed by atoms with van der Waals surface area (Å²) in [6.45, 7) is 0. The quantitative estimate of drug-likeness (QED) is 0.738. The molecule has 0 amide bonds. The van der Waals surface area contributed by atoms with E-state index in [1.807, 2.05) is 30.3 Å². The fourth-order valence-corrected chi connectivity index (χ4v) is 1.25. The van der Waals surface area contributed by atoms with Crippen molar-refractivity contribution in [2.75, 3.05) is 7.11 Å². The Labute approximate surface area is 81.5 Å². The standard InChI is InChI=1S/C10H10N2O2/c1-13-10-9(11-14-12-10)7-8-5-3-2-4-6-8/h2-6H,7H2,1H3. The van der Waals surface area contributed by atoms with E-state index in [0.29, 0.717) is 12.3 Å². The van der Waals surface area contributed by atoms with Gasteiger partial charge in [0.25, 0.3) is 5.88 Å². The first-order valence-electron chi connectivity index (χ1n) is 4.29. The minimum Gasteiger partial charge on any atom is -0.477 e. The van der Waals surface area contributed by atoms with Crippen LogP contribution in [0.15, 0.2) is 35.0 Å². The van der Waals surface area contributed by atoms with Gasteiger partial charge >= 0.3 is 0 Å². The number of hydrogen-bond donors (Lipinski definition) is 0. The van der Waals surface area contributed by atoms with Crippen LogP contribution in [0, 0.1) is 0 Å². The lowest BCUT2D eigenvalue weighted by molar-refractivity contribution is 0.281. The van der Waals surface area contributed by atoms with E-state index in [1.165, 1.54) is 0 Å². The lowest BCUT2D eigenvalue weighted by atomic mass is 10.1. The summed E-state index contributed by atoms with van der Waals surface area (Å²) in [6.07, 6.45) is 0.674. The zero-order valence-corrected chi connectivity index (χ0v) is 7.80. The lowest BCUT2D eigenvalue weighted by Gasteiger charge is -1.97. The normalized spacial score (nSPS) is 10.1. The predicted molar refractivity (Wildman–Crippen MR) is 50.1 cm³/mol. The second-order valence-electron chi connectivity index (χ2n) is 2.88. The van der Waals surface area contributed by atoms with Crippen molar-refractivity contribution in [3.05, 3.63) is 41.6 Å². The smallest absolute Gasteiger partial charge is 0.279 e. The van der Waals surface area contributed by atoms with Crippen molar-refractivity contribution < 1.29 is 9.37 Å². The molecular formula is C10H10N2O2. The molecule has 1 aromatic carbocycles. The Morgan fingerprint density at radius 3 is 2.71 bits per heavy atom. The van der Waals surface area contributed by atoms with E-state index in [-0.39, 0.29) is 0 Å². The maximum Gasteiger partial charge on any atom is 0.279 e. The summed E-state index contributed by atoms with van der Waals surface area (Å²) in [5, 5.41) is 7.39. The molecule has 1 heterocycles. The van der Waals surface area contributed by atoms with Crippen LogP contribution in [-0.2, 0) is 6.42 Å². The molecule has 0 N–H and O–H groups in total. The maximum atomic E-state index is 4.99. The highest BCUT2D eigenvalue weighted by Crippen LogP contribution is 2.15. The third kappa shape index (κ3) is 1.74. The molecule has 0 fully saturated rings. The van der Waals surface area contributed by atoms with Crippen LogP contribution in [0.4, 0.5) is 0 Å². The summed E-state index contributed by atoms with van der Waals surface area (Å²) < 4.78 is 9.57. The summed E-state index contributed by atoms with van der Waals surface area (Å²) in [7, 11) is 1.55. The van der Waals surface area contributed by atoms with Crippen LogP contribution in [0.5, 0.6) is 5.88 Å².